The second-order valence-electron chi connectivity index (χ2n) is 2.04. The lowest BCUT2D eigenvalue weighted by Gasteiger charge is -2.14. The molecule has 2 heteroatoms. The zero-order chi connectivity index (χ0) is 7.94. The van der Waals surface area contributed by atoms with Crippen molar-refractivity contribution in [2.45, 2.75) is 12.7 Å². The van der Waals surface area contributed by atoms with Crippen molar-refractivity contribution in [2.75, 3.05) is 6.61 Å². The third kappa shape index (κ3) is 2.92. The van der Waals surface area contributed by atoms with Crippen LogP contribution in [0.3, 0.4) is 0 Å². The van der Waals surface area contributed by atoms with Gasteiger partial charge in [0.25, 0.3) is 0 Å². The van der Waals surface area contributed by atoms with Crippen molar-refractivity contribution in [3.05, 3.63) is 24.5 Å². The molecule has 0 aromatic carbocycles. The van der Waals surface area contributed by atoms with E-state index in [1.807, 2.05) is 12.2 Å². The minimum absolute atomic E-state index is 0.256. The maximum absolute atomic E-state index is 5.22. The monoisotopic (exact) mass is 150 g/mol. The van der Waals surface area contributed by atoms with Gasteiger partial charge in [0.05, 0.1) is 12.9 Å². The molecule has 0 N–H and O–H groups in total. The molecule has 0 amide bonds. The van der Waals surface area contributed by atoms with Crippen molar-refractivity contribution in [1.29, 1.82) is 0 Å². The van der Waals surface area contributed by atoms with Gasteiger partial charge in [-0.3, -0.25) is 0 Å². The molecule has 0 bridgehead atoms. The van der Waals surface area contributed by atoms with E-state index in [4.69, 9.17) is 15.9 Å². The fourth-order valence-electron chi connectivity index (χ4n) is 0.697. The highest BCUT2D eigenvalue weighted by molar-refractivity contribution is 5.05. The fourth-order valence-corrected chi connectivity index (χ4v) is 0.697. The molecule has 0 radical (unpaired) electrons. The highest BCUT2D eigenvalue weighted by Crippen LogP contribution is 2.03. The first-order chi connectivity index (χ1) is 5.43. The maximum atomic E-state index is 5.22. The van der Waals surface area contributed by atoms with Crippen LogP contribution in [0, 0.1) is 12.3 Å². The molecule has 1 atom stereocenters. The van der Waals surface area contributed by atoms with Crippen molar-refractivity contribution in [1.82, 2.24) is 0 Å². The van der Waals surface area contributed by atoms with Crippen LogP contribution < -0.4 is 0 Å². The Morgan fingerprint density at radius 2 is 2.45 bits per heavy atom. The summed E-state index contributed by atoms with van der Waals surface area (Å²) in [7, 11) is 0. The first-order valence-electron chi connectivity index (χ1n) is 3.47. The lowest BCUT2D eigenvalue weighted by atomic mass is 10.4. The van der Waals surface area contributed by atoms with E-state index in [9.17, 15) is 0 Å². The maximum Gasteiger partial charge on any atom is 0.219 e. The topological polar surface area (TPSA) is 18.5 Å². The summed E-state index contributed by atoms with van der Waals surface area (Å²) >= 11 is 0. The SMILES string of the molecule is C#CCCOC1C=CC=CO1. The van der Waals surface area contributed by atoms with Gasteiger partial charge in [-0.15, -0.1) is 12.3 Å². The van der Waals surface area contributed by atoms with Crippen LogP contribution in [-0.4, -0.2) is 12.9 Å². The van der Waals surface area contributed by atoms with Gasteiger partial charge >= 0.3 is 0 Å². The van der Waals surface area contributed by atoms with E-state index in [0.29, 0.717) is 13.0 Å². The average molecular weight is 150 g/mol. The molecule has 0 fully saturated rings. The minimum Gasteiger partial charge on any atom is -0.469 e. The Morgan fingerprint density at radius 1 is 1.55 bits per heavy atom. The van der Waals surface area contributed by atoms with Crippen LogP contribution in [0.1, 0.15) is 6.42 Å². The number of allylic oxidation sites excluding steroid dienone is 2. The number of hydrogen-bond donors (Lipinski definition) is 0. The van der Waals surface area contributed by atoms with Crippen LogP contribution >= 0.6 is 0 Å². The number of hydrogen-bond acceptors (Lipinski definition) is 2. The Labute approximate surface area is 66.5 Å². The van der Waals surface area contributed by atoms with E-state index in [1.165, 1.54) is 0 Å². The number of ether oxygens (including phenoxy) is 2. The Kier molecular flexibility index (Phi) is 3.30. The molecule has 0 spiro atoms. The van der Waals surface area contributed by atoms with Gasteiger partial charge in [-0.25, -0.2) is 0 Å². The van der Waals surface area contributed by atoms with Crippen molar-refractivity contribution >= 4 is 0 Å². The molecule has 11 heavy (non-hydrogen) atoms. The summed E-state index contributed by atoms with van der Waals surface area (Å²) in [4.78, 5) is 0. The van der Waals surface area contributed by atoms with Gasteiger partial charge in [0.15, 0.2) is 0 Å². The fraction of sp³-hybridized carbons (Fsp3) is 0.333. The Bertz CT molecular complexity index is 198. The predicted octanol–water partition coefficient (Wildman–Crippen LogP) is 1.45. The smallest absolute Gasteiger partial charge is 0.219 e. The second-order valence-corrected chi connectivity index (χ2v) is 2.04. The van der Waals surface area contributed by atoms with Crippen LogP contribution in [0.5, 0.6) is 0 Å². The molecule has 1 heterocycles. The summed E-state index contributed by atoms with van der Waals surface area (Å²) in [5, 5.41) is 0. The van der Waals surface area contributed by atoms with Gasteiger partial charge < -0.3 is 9.47 Å². The number of terminal acetylenes is 1. The first-order valence-corrected chi connectivity index (χ1v) is 3.47. The molecular weight excluding hydrogens is 140 g/mol. The lowest BCUT2D eigenvalue weighted by molar-refractivity contribution is -0.0719. The van der Waals surface area contributed by atoms with Crippen molar-refractivity contribution in [3.8, 4) is 12.3 Å². The molecule has 1 aliphatic heterocycles. The van der Waals surface area contributed by atoms with Gasteiger partial charge in [-0.1, -0.05) is 6.08 Å². The number of rotatable bonds is 3. The molecule has 58 valence electrons. The molecule has 1 rings (SSSR count). The summed E-state index contributed by atoms with van der Waals surface area (Å²) in [6.07, 6.45) is 12.5. The highest BCUT2D eigenvalue weighted by Gasteiger charge is 2.03. The summed E-state index contributed by atoms with van der Waals surface area (Å²) in [6, 6.07) is 0. The minimum atomic E-state index is -0.256. The quantitative estimate of drug-likeness (QED) is 0.448. The first kappa shape index (κ1) is 7.90. The molecule has 0 saturated carbocycles. The van der Waals surface area contributed by atoms with E-state index >= 15 is 0 Å². The molecular formula is C9H10O2. The van der Waals surface area contributed by atoms with Crippen LogP contribution in [0.25, 0.3) is 0 Å². The van der Waals surface area contributed by atoms with Gasteiger partial charge in [-0.05, 0) is 12.2 Å². The molecule has 0 aromatic rings. The molecule has 0 aromatic heterocycles. The van der Waals surface area contributed by atoms with Crippen LogP contribution in [0.2, 0.25) is 0 Å². The lowest BCUT2D eigenvalue weighted by Crippen LogP contribution is -2.13. The Hall–Kier alpha value is -1.20. The van der Waals surface area contributed by atoms with E-state index in [1.54, 1.807) is 12.3 Å². The molecule has 2 nitrogen and oxygen atoms in total. The summed E-state index contributed by atoms with van der Waals surface area (Å²) in [5.74, 6) is 2.48. The Balaban J connectivity index is 2.13. The van der Waals surface area contributed by atoms with E-state index in [0.717, 1.165) is 0 Å². The average Bonchev–Trinajstić information content (AvgIpc) is 2.07. The van der Waals surface area contributed by atoms with Gasteiger partial charge in [0.2, 0.25) is 6.29 Å². The largest absolute Gasteiger partial charge is 0.469 e. The van der Waals surface area contributed by atoms with Crippen LogP contribution in [0.15, 0.2) is 24.5 Å². The summed E-state index contributed by atoms with van der Waals surface area (Å²) in [6.45, 7) is 0.541. The Morgan fingerprint density at radius 3 is 3.09 bits per heavy atom. The standard InChI is InChI=1S/C9H10O2/c1-2-3-7-10-9-6-4-5-8-11-9/h1,4-6,8-9H,3,7H2. The zero-order valence-electron chi connectivity index (χ0n) is 6.19. The zero-order valence-corrected chi connectivity index (χ0v) is 6.19. The van der Waals surface area contributed by atoms with E-state index < -0.39 is 0 Å². The highest BCUT2D eigenvalue weighted by atomic mass is 16.7. The van der Waals surface area contributed by atoms with E-state index in [2.05, 4.69) is 5.92 Å². The summed E-state index contributed by atoms with van der Waals surface area (Å²) in [5.41, 5.74) is 0. The molecule has 0 saturated heterocycles. The van der Waals surface area contributed by atoms with Crippen molar-refractivity contribution in [3.63, 3.8) is 0 Å². The molecule has 1 unspecified atom stereocenters. The van der Waals surface area contributed by atoms with Crippen LogP contribution in [-0.2, 0) is 9.47 Å². The van der Waals surface area contributed by atoms with Crippen molar-refractivity contribution < 1.29 is 9.47 Å². The predicted molar refractivity (Wildman–Crippen MR) is 42.6 cm³/mol. The molecule has 0 aliphatic carbocycles. The second kappa shape index (κ2) is 4.59. The van der Waals surface area contributed by atoms with Gasteiger partial charge in [0, 0.05) is 6.42 Å². The van der Waals surface area contributed by atoms with Crippen molar-refractivity contribution in [2.24, 2.45) is 0 Å². The van der Waals surface area contributed by atoms with Crippen LogP contribution in [0.4, 0.5) is 0 Å². The van der Waals surface area contributed by atoms with Gasteiger partial charge in [-0.2, -0.15) is 0 Å². The van der Waals surface area contributed by atoms with Gasteiger partial charge in [0.1, 0.15) is 0 Å². The van der Waals surface area contributed by atoms with E-state index in [-0.39, 0.29) is 6.29 Å². The summed E-state index contributed by atoms with van der Waals surface area (Å²) < 4.78 is 10.3. The molecule has 1 aliphatic rings. The third-order valence-electron chi connectivity index (χ3n) is 1.20. The third-order valence-corrected chi connectivity index (χ3v) is 1.20. The normalized spacial score (nSPS) is 20.8.